The zero-order valence-electron chi connectivity index (χ0n) is 16.8. The van der Waals surface area contributed by atoms with Gasteiger partial charge in [-0.05, 0) is 50.5 Å². The van der Waals surface area contributed by atoms with Gasteiger partial charge in [-0.2, -0.15) is 0 Å². The van der Waals surface area contributed by atoms with Crippen LogP contribution in [0.25, 0.3) is 0 Å². The first-order valence-corrected chi connectivity index (χ1v) is 9.55. The number of benzene rings is 2. The van der Waals surface area contributed by atoms with Gasteiger partial charge in [0.05, 0.1) is 6.04 Å². The Morgan fingerprint density at radius 1 is 1.22 bits per heavy atom. The first kappa shape index (κ1) is 19.3. The van der Waals surface area contributed by atoms with Crippen LogP contribution >= 0.6 is 0 Å². The summed E-state index contributed by atoms with van der Waals surface area (Å²) >= 11 is 0. The Bertz CT molecular complexity index is 809. The molecule has 4 heteroatoms. The lowest BCUT2D eigenvalue weighted by molar-refractivity contribution is -0.124. The van der Waals surface area contributed by atoms with E-state index in [0.29, 0.717) is 11.7 Å². The maximum Gasteiger partial charge on any atom is 0.258 e. The number of fused-ring (bicyclic) bond motifs is 1. The van der Waals surface area contributed by atoms with E-state index in [4.69, 9.17) is 9.47 Å². The molecule has 3 rings (SSSR count). The first-order chi connectivity index (χ1) is 12.7. The number of carbonyl (C=O) groups excluding carboxylic acids is 1. The summed E-state index contributed by atoms with van der Waals surface area (Å²) in [6.07, 6.45) is 0.721. The molecule has 1 atom stereocenters. The van der Waals surface area contributed by atoms with Gasteiger partial charge in [-0.25, -0.2) is 0 Å². The second-order valence-electron chi connectivity index (χ2n) is 8.24. The monoisotopic (exact) mass is 367 g/mol. The summed E-state index contributed by atoms with van der Waals surface area (Å²) in [7, 11) is 0. The van der Waals surface area contributed by atoms with Gasteiger partial charge in [0.25, 0.3) is 5.91 Å². The summed E-state index contributed by atoms with van der Waals surface area (Å²) in [6.45, 7) is 10.4. The molecule has 0 bridgehead atoms. The third-order valence-electron chi connectivity index (χ3n) is 4.87. The van der Waals surface area contributed by atoms with E-state index in [1.54, 1.807) is 0 Å². The molecule has 1 N–H and O–H groups in total. The second kappa shape index (κ2) is 7.63. The molecule has 0 fully saturated rings. The summed E-state index contributed by atoms with van der Waals surface area (Å²) in [4.78, 5) is 12.5. The summed E-state index contributed by atoms with van der Waals surface area (Å²) in [6, 6.07) is 13.9. The van der Waals surface area contributed by atoms with Crippen LogP contribution in [0.5, 0.6) is 11.5 Å². The summed E-state index contributed by atoms with van der Waals surface area (Å²) in [5.74, 6) is 1.89. The number of nitrogens with one attached hydrogen (secondary N) is 1. The van der Waals surface area contributed by atoms with E-state index in [9.17, 15) is 4.79 Å². The number of aryl methyl sites for hydroxylation is 1. The third kappa shape index (κ3) is 4.82. The maximum absolute atomic E-state index is 12.5. The van der Waals surface area contributed by atoms with E-state index >= 15 is 0 Å². The van der Waals surface area contributed by atoms with Gasteiger partial charge in [-0.1, -0.05) is 43.7 Å². The highest BCUT2D eigenvalue weighted by Gasteiger charge is 2.34. The van der Waals surface area contributed by atoms with E-state index in [1.807, 2.05) is 57.2 Å². The van der Waals surface area contributed by atoms with Crippen LogP contribution in [0.15, 0.2) is 42.5 Å². The molecule has 0 radical (unpaired) electrons. The molecule has 0 aliphatic carbocycles. The van der Waals surface area contributed by atoms with Crippen molar-refractivity contribution in [3.05, 3.63) is 59.2 Å². The largest absolute Gasteiger partial charge is 0.487 e. The normalized spacial score (nSPS) is 17.8. The molecule has 1 heterocycles. The van der Waals surface area contributed by atoms with Crippen LogP contribution in [-0.2, 0) is 4.79 Å². The summed E-state index contributed by atoms with van der Waals surface area (Å²) in [5.41, 5.74) is 3.11. The van der Waals surface area contributed by atoms with Gasteiger partial charge in [0, 0.05) is 12.0 Å². The van der Waals surface area contributed by atoms with Crippen molar-refractivity contribution in [2.75, 3.05) is 6.61 Å². The Hall–Kier alpha value is -2.49. The quantitative estimate of drug-likeness (QED) is 0.816. The Morgan fingerprint density at radius 3 is 2.59 bits per heavy atom. The summed E-state index contributed by atoms with van der Waals surface area (Å²) in [5, 5.41) is 3.11. The lowest BCUT2D eigenvalue weighted by Crippen LogP contribution is -2.42. The van der Waals surface area contributed by atoms with Crippen LogP contribution < -0.4 is 14.8 Å². The van der Waals surface area contributed by atoms with E-state index in [-0.39, 0.29) is 24.2 Å². The van der Waals surface area contributed by atoms with E-state index in [1.165, 1.54) is 5.56 Å². The van der Waals surface area contributed by atoms with Crippen LogP contribution in [0, 0.1) is 6.92 Å². The van der Waals surface area contributed by atoms with Gasteiger partial charge in [0.2, 0.25) is 0 Å². The SMILES string of the molecule is Cc1ccc2c(c1)[C@H](NC(=O)COc1ccc(C(C)C)cc1)CC(C)(C)O2. The molecular weight excluding hydrogens is 338 g/mol. The standard InChI is InChI=1S/C23H29NO3/c1-15(2)17-7-9-18(10-8-17)26-14-22(25)24-20-13-23(4,5)27-21-11-6-16(3)12-19(20)21/h6-12,15,20H,13-14H2,1-5H3,(H,24,25)/t20-/m1/s1. The molecule has 0 saturated carbocycles. The minimum Gasteiger partial charge on any atom is -0.487 e. The summed E-state index contributed by atoms with van der Waals surface area (Å²) < 4.78 is 11.7. The van der Waals surface area contributed by atoms with Gasteiger partial charge >= 0.3 is 0 Å². The highest BCUT2D eigenvalue weighted by atomic mass is 16.5. The van der Waals surface area contributed by atoms with Gasteiger partial charge in [-0.3, -0.25) is 4.79 Å². The fraction of sp³-hybridized carbons (Fsp3) is 0.435. The zero-order chi connectivity index (χ0) is 19.6. The molecule has 1 aliphatic heterocycles. The van der Waals surface area contributed by atoms with Crippen molar-refractivity contribution < 1.29 is 14.3 Å². The molecule has 2 aromatic carbocycles. The predicted octanol–water partition coefficient (Wildman–Crippen LogP) is 4.92. The van der Waals surface area contributed by atoms with Crippen LogP contribution in [0.2, 0.25) is 0 Å². The highest BCUT2D eigenvalue weighted by Crippen LogP contribution is 2.39. The Kier molecular flexibility index (Phi) is 5.45. The molecule has 2 aromatic rings. The third-order valence-corrected chi connectivity index (χ3v) is 4.87. The molecule has 27 heavy (non-hydrogen) atoms. The van der Waals surface area contributed by atoms with Crippen molar-refractivity contribution in [3.8, 4) is 11.5 Å². The average Bonchev–Trinajstić information content (AvgIpc) is 2.60. The van der Waals surface area contributed by atoms with Gasteiger partial charge in [-0.15, -0.1) is 0 Å². The van der Waals surface area contributed by atoms with Crippen molar-refractivity contribution >= 4 is 5.91 Å². The number of hydrogen-bond acceptors (Lipinski definition) is 3. The maximum atomic E-state index is 12.5. The topological polar surface area (TPSA) is 47.6 Å². The second-order valence-corrected chi connectivity index (χ2v) is 8.24. The molecule has 144 valence electrons. The van der Waals surface area contributed by atoms with Crippen molar-refractivity contribution in [2.45, 2.75) is 58.6 Å². The number of carbonyl (C=O) groups is 1. The zero-order valence-corrected chi connectivity index (χ0v) is 16.8. The minimum absolute atomic E-state index is 0.0000397. The Labute approximate surface area is 161 Å². The molecule has 4 nitrogen and oxygen atoms in total. The smallest absolute Gasteiger partial charge is 0.258 e. The highest BCUT2D eigenvalue weighted by molar-refractivity contribution is 5.78. The molecule has 0 saturated heterocycles. The van der Waals surface area contributed by atoms with Crippen LogP contribution in [0.1, 0.15) is 62.8 Å². The molecule has 0 aromatic heterocycles. The molecular formula is C23H29NO3. The Morgan fingerprint density at radius 2 is 1.93 bits per heavy atom. The van der Waals surface area contributed by atoms with Gasteiger partial charge in [0.15, 0.2) is 6.61 Å². The van der Waals surface area contributed by atoms with E-state index < -0.39 is 0 Å². The van der Waals surface area contributed by atoms with Crippen LogP contribution in [-0.4, -0.2) is 18.1 Å². The number of ether oxygens (including phenoxy) is 2. The minimum atomic E-state index is -0.326. The number of amides is 1. The Balaban J connectivity index is 1.64. The van der Waals surface area contributed by atoms with Crippen LogP contribution in [0.4, 0.5) is 0 Å². The van der Waals surface area contributed by atoms with Gasteiger partial charge < -0.3 is 14.8 Å². The fourth-order valence-electron chi connectivity index (χ4n) is 3.44. The van der Waals surface area contributed by atoms with Crippen molar-refractivity contribution in [1.29, 1.82) is 0 Å². The van der Waals surface area contributed by atoms with Gasteiger partial charge in [0.1, 0.15) is 17.1 Å². The van der Waals surface area contributed by atoms with Crippen molar-refractivity contribution in [2.24, 2.45) is 0 Å². The predicted molar refractivity (Wildman–Crippen MR) is 107 cm³/mol. The average molecular weight is 367 g/mol. The van der Waals surface area contributed by atoms with Crippen molar-refractivity contribution in [3.63, 3.8) is 0 Å². The molecule has 1 amide bonds. The number of rotatable bonds is 5. The molecule has 0 unspecified atom stereocenters. The first-order valence-electron chi connectivity index (χ1n) is 9.55. The molecule has 0 spiro atoms. The lowest BCUT2D eigenvalue weighted by atomic mass is 9.89. The van der Waals surface area contributed by atoms with Crippen molar-refractivity contribution in [1.82, 2.24) is 5.32 Å². The lowest BCUT2D eigenvalue weighted by Gasteiger charge is -2.38. The van der Waals surface area contributed by atoms with E-state index in [2.05, 4.69) is 25.2 Å². The van der Waals surface area contributed by atoms with E-state index in [0.717, 1.165) is 23.3 Å². The molecule has 1 aliphatic rings. The number of hydrogen-bond donors (Lipinski definition) is 1. The fourth-order valence-corrected chi connectivity index (χ4v) is 3.44. The van der Waals surface area contributed by atoms with Crippen LogP contribution in [0.3, 0.4) is 0 Å².